The lowest BCUT2D eigenvalue weighted by Crippen LogP contribution is -2.66. The Morgan fingerprint density at radius 1 is 1.03 bits per heavy atom. The number of benzene rings is 2. The average Bonchev–Trinajstić information content (AvgIpc) is 2.85. The van der Waals surface area contributed by atoms with Gasteiger partial charge in [0.15, 0.2) is 0 Å². The Bertz CT molecular complexity index is 1300. The van der Waals surface area contributed by atoms with Crippen LogP contribution in [-0.4, -0.2) is 49.6 Å². The first-order chi connectivity index (χ1) is 17.0. The van der Waals surface area contributed by atoms with Gasteiger partial charge in [-0.1, -0.05) is 81.3 Å². The molecule has 0 aliphatic carbocycles. The van der Waals surface area contributed by atoms with Crippen LogP contribution in [0.4, 0.5) is 4.79 Å². The SMILES string of the molecule is CC(C)c1ccc([C@](O)(c2cnnc(C#CC(C)(O)c3ccccc3)c2)C2(C)CN(C(=O)O)C2)cc1. The second-order valence-corrected chi connectivity index (χ2v) is 10.2. The molecule has 2 heterocycles. The molecule has 0 bridgehead atoms. The summed E-state index contributed by atoms with van der Waals surface area (Å²) in [6, 6.07) is 18.5. The van der Waals surface area contributed by atoms with Gasteiger partial charge in [-0.25, -0.2) is 4.79 Å². The first-order valence-corrected chi connectivity index (χ1v) is 11.9. The predicted octanol–water partition coefficient (Wildman–Crippen LogP) is 4.10. The van der Waals surface area contributed by atoms with Gasteiger partial charge in [-0.3, -0.25) is 0 Å². The number of amides is 1. The van der Waals surface area contributed by atoms with Crippen molar-refractivity contribution >= 4 is 6.09 Å². The van der Waals surface area contributed by atoms with Crippen molar-refractivity contribution in [2.45, 2.75) is 44.8 Å². The minimum atomic E-state index is -1.54. The molecule has 1 fully saturated rings. The molecule has 2 aromatic carbocycles. The van der Waals surface area contributed by atoms with E-state index in [0.717, 1.165) is 5.56 Å². The molecule has 1 saturated heterocycles. The van der Waals surface area contributed by atoms with Crippen LogP contribution in [0.5, 0.6) is 0 Å². The lowest BCUT2D eigenvalue weighted by atomic mass is 9.62. The molecule has 7 nitrogen and oxygen atoms in total. The highest BCUT2D eigenvalue weighted by Crippen LogP contribution is 2.50. The van der Waals surface area contributed by atoms with Crippen molar-refractivity contribution in [1.82, 2.24) is 15.1 Å². The standard InChI is InChI=1S/C29H31N3O4/c1-20(2)21-10-12-23(13-11-21)29(36,27(3)18-32(19-27)26(33)34)24-16-25(31-30-17-24)14-15-28(4,35)22-8-6-5-7-9-22/h5-13,16-17,20,35-36H,18-19H2,1-4H3,(H,33,34)/t28?,29-/m0/s1. The van der Waals surface area contributed by atoms with Crippen molar-refractivity contribution in [3.8, 4) is 11.8 Å². The van der Waals surface area contributed by atoms with Gasteiger partial charge in [-0.05, 0) is 41.5 Å². The zero-order valence-corrected chi connectivity index (χ0v) is 20.9. The Labute approximate surface area is 211 Å². The number of likely N-dealkylation sites (tertiary alicyclic amines) is 1. The summed E-state index contributed by atoms with van der Waals surface area (Å²) < 4.78 is 0. The summed E-state index contributed by atoms with van der Waals surface area (Å²) in [6.07, 6.45) is 0.471. The van der Waals surface area contributed by atoms with Crippen LogP contribution in [0, 0.1) is 17.3 Å². The zero-order valence-electron chi connectivity index (χ0n) is 20.9. The second kappa shape index (κ2) is 9.38. The van der Waals surface area contributed by atoms with Crippen molar-refractivity contribution in [1.29, 1.82) is 0 Å². The molecule has 1 unspecified atom stereocenters. The van der Waals surface area contributed by atoms with Crippen LogP contribution in [-0.2, 0) is 11.2 Å². The summed E-state index contributed by atoms with van der Waals surface area (Å²) in [5, 5.41) is 40.8. The van der Waals surface area contributed by atoms with Crippen LogP contribution in [0.25, 0.3) is 0 Å². The molecule has 4 rings (SSSR count). The minimum absolute atomic E-state index is 0.164. The van der Waals surface area contributed by atoms with Gasteiger partial charge in [-0.15, -0.1) is 5.10 Å². The molecule has 7 heteroatoms. The van der Waals surface area contributed by atoms with Crippen LogP contribution in [0.3, 0.4) is 0 Å². The van der Waals surface area contributed by atoms with Gasteiger partial charge in [0.1, 0.15) is 16.9 Å². The van der Waals surface area contributed by atoms with E-state index in [1.54, 1.807) is 25.1 Å². The summed E-state index contributed by atoms with van der Waals surface area (Å²) in [7, 11) is 0. The van der Waals surface area contributed by atoms with E-state index < -0.39 is 22.7 Å². The third kappa shape index (κ3) is 4.58. The number of carbonyl (C=O) groups is 1. The molecule has 36 heavy (non-hydrogen) atoms. The van der Waals surface area contributed by atoms with E-state index in [4.69, 9.17) is 0 Å². The first kappa shape index (κ1) is 25.4. The van der Waals surface area contributed by atoms with E-state index in [1.165, 1.54) is 11.1 Å². The third-order valence-electron chi connectivity index (χ3n) is 7.06. The predicted molar refractivity (Wildman–Crippen MR) is 136 cm³/mol. The molecule has 0 saturated carbocycles. The van der Waals surface area contributed by atoms with Gasteiger partial charge < -0.3 is 20.2 Å². The molecule has 0 radical (unpaired) electrons. The molecule has 1 aliphatic heterocycles. The number of rotatable bonds is 5. The first-order valence-electron chi connectivity index (χ1n) is 11.9. The number of nitrogens with zero attached hydrogens (tertiary/aromatic N) is 3. The Morgan fingerprint density at radius 3 is 2.25 bits per heavy atom. The largest absolute Gasteiger partial charge is 0.465 e. The molecule has 1 aliphatic rings. The van der Waals surface area contributed by atoms with Crippen molar-refractivity contribution < 1.29 is 20.1 Å². The van der Waals surface area contributed by atoms with Crippen molar-refractivity contribution in [2.75, 3.05) is 13.1 Å². The lowest BCUT2D eigenvalue weighted by molar-refractivity contribution is -0.124. The molecule has 3 N–H and O–H groups in total. The van der Waals surface area contributed by atoms with Gasteiger partial charge >= 0.3 is 6.09 Å². The topological polar surface area (TPSA) is 107 Å². The van der Waals surface area contributed by atoms with E-state index >= 15 is 0 Å². The summed E-state index contributed by atoms with van der Waals surface area (Å²) in [4.78, 5) is 12.8. The van der Waals surface area contributed by atoms with E-state index in [-0.39, 0.29) is 13.1 Å². The van der Waals surface area contributed by atoms with Crippen molar-refractivity contribution in [2.24, 2.45) is 5.41 Å². The highest BCUT2D eigenvalue weighted by atomic mass is 16.4. The van der Waals surface area contributed by atoms with Crippen LogP contribution in [0.2, 0.25) is 0 Å². The molecule has 3 aromatic rings. The molecular weight excluding hydrogens is 454 g/mol. The number of aromatic nitrogens is 2. The Balaban J connectivity index is 1.76. The van der Waals surface area contributed by atoms with Crippen LogP contribution in [0.15, 0.2) is 66.9 Å². The Morgan fingerprint density at radius 2 is 1.67 bits per heavy atom. The van der Waals surface area contributed by atoms with Gasteiger partial charge in [-0.2, -0.15) is 5.10 Å². The average molecular weight is 486 g/mol. The molecule has 186 valence electrons. The highest BCUT2D eigenvalue weighted by Gasteiger charge is 2.57. The van der Waals surface area contributed by atoms with Gasteiger partial charge in [0.05, 0.1) is 6.20 Å². The van der Waals surface area contributed by atoms with Gasteiger partial charge in [0.25, 0.3) is 0 Å². The fraction of sp³-hybridized carbons (Fsp3) is 0.345. The Hall–Kier alpha value is -3.73. The van der Waals surface area contributed by atoms with Crippen LogP contribution < -0.4 is 0 Å². The highest BCUT2D eigenvalue weighted by molar-refractivity contribution is 5.67. The fourth-order valence-corrected chi connectivity index (χ4v) is 4.78. The number of hydrogen-bond acceptors (Lipinski definition) is 5. The van der Waals surface area contributed by atoms with E-state index in [1.807, 2.05) is 49.4 Å². The summed E-state index contributed by atoms with van der Waals surface area (Å²) >= 11 is 0. The smallest absolute Gasteiger partial charge is 0.407 e. The van der Waals surface area contributed by atoms with Crippen LogP contribution >= 0.6 is 0 Å². The normalized spacial score (nSPS) is 17.8. The lowest BCUT2D eigenvalue weighted by Gasteiger charge is -2.55. The van der Waals surface area contributed by atoms with Gasteiger partial charge in [0, 0.05) is 24.1 Å². The minimum Gasteiger partial charge on any atom is -0.465 e. The number of carboxylic acid groups (broad SMARTS) is 1. The van der Waals surface area contributed by atoms with E-state index in [0.29, 0.717) is 28.3 Å². The monoisotopic (exact) mass is 485 g/mol. The van der Waals surface area contributed by atoms with Crippen molar-refractivity contribution in [3.05, 3.63) is 94.8 Å². The van der Waals surface area contributed by atoms with Gasteiger partial charge in [0.2, 0.25) is 0 Å². The van der Waals surface area contributed by atoms with E-state index in [9.17, 15) is 20.1 Å². The second-order valence-electron chi connectivity index (χ2n) is 10.2. The summed E-state index contributed by atoms with van der Waals surface area (Å²) in [6.45, 7) is 8.00. The summed E-state index contributed by atoms with van der Waals surface area (Å²) in [5.74, 6) is 6.08. The summed E-state index contributed by atoms with van der Waals surface area (Å²) in [5.41, 5.74) is -0.554. The molecule has 1 amide bonds. The van der Waals surface area contributed by atoms with Crippen molar-refractivity contribution in [3.63, 3.8) is 0 Å². The molecule has 0 spiro atoms. The number of hydrogen-bond donors (Lipinski definition) is 3. The molecule has 2 atom stereocenters. The Kier molecular flexibility index (Phi) is 6.61. The zero-order chi connectivity index (χ0) is 26.1. The maximum Gasteiger partial charge on any atom is 0.407 e. The molecular formula is C29H31N3O4. The fourth-order valence-electron chi connectivity index (χ4n) is 4.78. The number of aliphatic hydroxyl groups is 2. The third-order valence-corrected chi connectivity index (χ3v) is 7.06. The van der Waals surface area contributed by atoms with Crippen LogP contribution in [0.1, 0.15) is 61.6 Å². The maximum atomic E-state index is 12.3. The van der Waals surface area contributed by atoms with E-state index in [2.05, 4.69) is 35.9 Å². The maximum absolute atomic E-state index is 12.3. The quantitative estimate of drug-likeness (QED) is 0.470. The molecule has 1 aromatic heterocycles.